The monoisotopic (exact) mass is 261 g/mol. The zero-order chi connectivity index (χ0) is 13.3. The van der Waals surface area contributed by atoms with Gasteiger partial charge in [0.05, 0.1) is 13.7 Å². The van der Waals surface area contributed by atoms with Crippen LogP contribution in [0.2, 0.25) is 0 Å². The second kappa shape index (κ2) is 5.04. The van der Waals surface area contributed by atoms with E-state index in [0.717, 1.165) is 30.6 Å². The van der Waals surface area contributed by atoms with Crippen molar-refractivity contribution in [3.8, 4) is 11.5 Å². The molecule has 104 valence electrons. The Bertz CT molecular complexity index is 445. The first-order valence-corrected chi connectivity index (χ1v) is 7.29. The molecule has 1 aromatic carbocycles. The lowest BCUT2D eigenvalue weighted by molar-refractivity contribution is 0.248. The summed E-state index contributed by atoms with van der Waals surface area (Å²) in [6.07, 6.45) is 6.26. The van der Waals surface area contributed by atoms with Gasteiger partial charge in [-0.05, 0) is 49.3 Å². The van der Waals surface area contributed by atoms with E-state index < -0.39 is 0 Å². The Balaban J connectivity index is 1.82. The maximum Gasteiger partial charge on any atom is 0.161 e. The Hall–Kier alpha value is -1.22. The van der Waals surface area contributed by atoms with Crippen LogP contribution in [0.15, 0.2) is 18.2 Å². The molecule has 2 aliphatic rings. The van der Waals surface area contributed by atoms with Crippen LogP contribution in [0.5, 0.6) is 11.5 Å². The van der Waals surface area contributed by atoms with E-state index in [2.05, 4.69) is 12.1 Å². The molecule has 0 aromatic heterocycles. The summed E-state index contributed by atoms with van der Waals surface area (Å²) in [6.45, 7) is 1.54. The Labute approximate surface area is 115 Å². The van der Waals surface area contributed by atoms with E-state index >= 15 is 0 Å². The zero-order valence-corrected chi connectivity index (χ0v) is 11.7. The molecule has 2 aliphatic carbocycles. The summed E-state index contributed by atoms with van der Waals surface area (Å²) in [5.74, 6) is 2.46. The Morgan fingerprint density at radius 1 is 1.26 bits per heavy atom. The van der Waals surface area contributed by atoms with Crippen molar-refractivity contribution in [1.29, 1.82) is 0 Å². The normalized spacial score (nSPS) is 20.7. The van der Waals surface area contributed by atoms with Gasteiger partial charge in [0.15, 0.2) is 11.5 Å². The largest absolute Gasteiger partial charge is 0.493 e. The number of methoxy groups -OCH3 is 1. The molecule has 0 spiro atoms. The molecule has 19 heavy (non-hydrogen) atoms. The minimum Gasteiger partial charge on any atom is -0.493 e. The summed E-state index contributed by atoms with van der Waals surface area (Å²) in [7, 11) is 1.70. The molecule has 0 atom stereocenters. The lowest BCUT2D eigenvalue weighted by atomic mass is 9.64. The number of benzene rings is 1. The van der Waals surface area contributed by atoms with E-state index in [9.17, 15) is 0 Å². The topological polar surface area (TPSA) is 44.5 Å². The standard InChI is InChI=1S/C16H23NO2/c1-18-14-6-5-13(16(11-17)7-2-8-16)9-15(14)19-10-12-3-4-12/h5-6,9,12H,2-4,7-8,10-11,17H2,1H3. The van der Waals surface area contributed by atoms with Gasteiger partial charge in [0.1, 0.15) is 0 Å². The Morgan fingerprint density at radius 2 is 2.05 bits per heavy atom. The fourth-order valence-electron chi connectivity index (χ4n) is 2.83. The van der Waals surface area contributed by atoms with Crippen molar-refractivity contribution in [2.24, 2.45) is 11.7 Å². The average molecular weight is 261 g/mol. The second-order valence-corrected chi connectivity index (χ2v) is 5.96. The van der Waals surface area contributed by atoms with Crippen LogP contribution in [-0.2, 0) is 5.41 Å². The molecule has 3 nitrogen and oxygen atoms in total. The van der Waals surface area contributed by atoms with E-state index in [-0.39, 0.29) is 5.41 Å². The molecule has 0 radical (unpaired) electrons. The zero-order valence-electron chi connectivity index (χ0n) is 11.7. The predicted molar refractivity (Wildman–Crippen MR) is 75.8 cm³/mol. The summed E-state index contributed by atoms with van der Waals surface area (Å²) >= 11 is 0. The van der Waals surface area contributed by atoms with Gasteiger partial charge in [-0.2, -0.15) is 0 Å². The number of hydrogen-bond acceptors (Lipinski definition) is 3. The summed E-state index contributed by atoms with van der Waals surface area (Å²) < 4.78 is 11.3. The Kier molecular flexibility index (Phi) is 3.40. The number of ether oxygens (including phenoxy) is 2. The summed E-state index contributed by atoms with van der Waals surface area (Å²) in [5, 5.41) is 0. The van der Waals surface area contributed by atoms with Crippen molar-refractivity contribution in [1.82, 2.24) is 0 Å². The lowest BCUT2D eigenvalue weighted by Gasteiger charge is -2.41. The van der Waals surface area contributed by atoms with Gasteiger partial charge in [-0.1, -0.05) is 12.5 Å². The van der Waals surface area contributed by atoms with E-state index in [1.807, 2.05) is 6.07 Å². The first kappa shape index (κ1) is 12.8. The van der Waals surface area contributed by atoms with Gasteiger partial charge >= 0.3 is 0 Å². The smallest absolute Gasteiger partial charge is 0.161 e. The minimum atomic E-state index is 0.184. The van der Waals surface area contributed by atoms with Gasteiger partial charge < -0.3 is 15.2 Å². The third-order valence-electron chi connectivity index (χ3n) is 4.65. The third-order valence-corrected chi connectivity index (χ3v) is 4.65. The molecule has 0 saturated heterocycles. The SMILES string of the molecule is COc1ccc(C2(CN)CCC2)cc1OCC1CC1. The molecule has 2 fully saturated rings. The van der Waals surface area contributed by atoms with Gasteiger partial charge in [-0.25, -0.2) is 0 Å². The van der Waals surface area contributed by atoms with Crippen LogP contribution in [-0.4, -0.2) is 20.3 Å². The molecule has 0 heterocycles. The highest BCUT2D eigenvalue weighted by Gasteiger charge is 2.37. The quantitative estimate of drug-likeness (QED) is 0.856. The lowest BCUT2D eigenvalue weighted by Crippen LogP contribution is -2.41. The molecule has 1 aromatic rings. The highest BCUT2D eigenvalue weighted by atomic mass is 16.5. The van der Waals surface area contributed by atoms with Crippen molar-refractivity contribution in [2.75, 3.05) is 20.3 Å². The molecule has 3 heteroatoms. The van der Waals surface area contributed by atoms with Gasteiger partial charge in [0.2, 0.25) is 0 Å². The van der Waals surface area contributed by atoms with E-state index in [4.69, 9.17) is 15.2 Å². The van der Waals surface area contributed by atoms with Crippen LogP contribution in [0.4, 0.5) is 0 Å². The van der Waals surface area contributed by atoms with Crippen molar-refractivity contribution in [2.45, 2.75) is 37.5 Å². The van der Waals surface area contributed by atoms with Crippen LogP contribution < -0.4 is 15.2 Å². The predicted octanol–water partition coefficient (Wildman–Crippen LogP) is 2.86. The van der Waals surface area contributed by atoms with Crippen molar-refractivity contribution >= 4 is 0 Å². The highest BCUT2D eigenvalue weighted by Crippen LogP contribution is 2.45. The minimum absolute atomic E-state index is 0.184. The molecular weight excluding hydrogens is 238 g/mol. The second-order valence-electron chi connectivity index (χ2n) is 5.96. The molecule has 2 saturated carbocycles. The average Bonchev–Trinajstić information content (AvgIpc) is 3.20. The van der Waals surface area contributed by atoms with Crippen molar-refractivity contribution in [3.63, 3.8) is 0 Å². The molecule has 0 bridgehead atoms. The molecule has 3 rings (SSSR count). The van der Waals surface area contributed by atoms with Crippen molar-refractivity contribution < 1.29 is 9.47 Å². The first-order chi connectivity index (χ1) is 9.27. The van der Waals surface area contributed by atoms with Crippen LogP contribution in [0, 0.1) is 5.92 Å². The van der Waals surface area contributed by atoms with Crippen LogP contribution in [0.1, 0.15) is 37.7 Å². The van der Waals surface area contributed by atoms with Gasteiger partial charge in [-0.3, -0.25) is 0 Å². The van der Waals surface area contributed by atoms with Crippen molar-refractivity contribution in [3.05, 3.63) is 23.8 Å². The van der Waals surface area contributed by atoms with E-state index in [1.165, 1.54) is 37.7 Å². The molecular formula is C16H23NO2. The molecule has 0 aliphatic heterocycles. The highest BCUT2D eigenvalue weighted by molar-refractivity contribution is 5.46. The summed E-state index contributed by atoms with van der Waals surface area (Å²) in [6, 6.07) is 6.31. The van der Waals surface area contributed by atoms with Crippen LogP contribution in [0.25, 0.3) is 0 Å². The number of hydrogen-bond donors (Lipinski definition) is 1. The fraction of sp³-hybridized carbons (Fsp3) is 0.625. The van der Waals surface area contributed by atoms with E-state index in [1.54, 1.807) is 7.11 Å². The van der Waals surface area contributed by atoms with Gasteiger partial charge in [-0.15, -0.1) is 0 Å². The molecule has 0 amide bonds. The number of nitrogens with two attached hydrogens (primary N) is 1. The molecule has 0 unspecified atom stereocenters. The maximum atomic E-state index is 5.98. The van der Waals surface area contributed by atoms with E-state index in [0.29, 0.717) is 0 Å². The summed E-state index contributed by atoms with van der Waals surface area (Å²) in [5.41, 5.74) is 7.48. The summed E-state index contributed by atoms with van der Waals surface area (Å²) in [4.78, 5) is 0. The van der Waals surface area contributed by atoms with Crippen LogP contribution in [0.3, 0.4) is 0 Å². The van der Waals surface area contributed by atoms with Gasteiger partial charge in [0.25, 0.3) is 0 Å². The first-order valence-electron chi connectivity index (χ1n) is 7.29. The Morgan fingerprint density at radius 3 is 2.58 bits per heavy atom. The number of rotatable bonds is 6. The van der Waals surface area contributed by atoms with Gasteiger partial charge in [0, 0.05) is 12.0 Å². The third kappa shape index (κ3) is 2.44. The molecule has 2 N–H and O–H groups in total. The maximum absolute atomic E-state index is 5.98. The fourth-order valence-corrected chi connectivity index (χ4v) is 2.83. The van der Waals surface area contributed by atoms with Crippen LogP contribution >= 0.6 is 0 Å².